The molecule has 2 aromatic carbocycles. The summed E-state index contributed by atoms with van der Waals surface area (Å²) >= 11 is 3.25. The first kappa shape index (κ1) is 14.2. The second-order valence-electron chi connectivity index (χ2n) is 4.91. The normalized spacial score (nSPS) is 12.5. The number of fused-ring (bicyclic) bond motifs is 1. The fraction of sp³-hybridized carbons (Fsp3) is 0.118. The van der Waals surface area contributed by atoms with Crippen LogP contribution in [0.25, 0.3) is 10.9 Å². The van der Waals surface area contributed by atoms with Crippen molar-refractivity contribution in [3.8, 4) is 0 Å². The van der Waals surface area contributed by atoms with Crippen LogP contribution >= 0.6 is 15.9 Å². The van der Waals surface area contributed by atoms with Gasteiger partial charge >= 0.3 is 0 Å². The summed E-state index contributed by atoms with van der Waals surface area (Å²) in [4.78, 5) is 4.30. The van der Waals surface area contributed by atoms with Gasteiger partial charge in [0.2, 0.25) is 0 Å². The van der Waals surface area contributed by atoms with Gasteiger partial charge in [-0.05, 0) is 41.5 Å². The summed E-state index contributed by atoms with van der Waals surface area (Å²) in [5, 5.41) is 11.4. The highest BCUT2D eigenvalue weighted by molar-refractivity contribution is 9.10. The average molecular weight is 346 g/mol. The van der Waals surface area contributed by atoms with Gasteiger partial charge in [-0.15, -0.1) is 0 Å². The molecule has 3 rings (SSSR count). The number of aliphatic hydroxyl groups excluding tert-OH is 1. The number of aromatic nitrogens is 1. The summed E-state index contributed by atoms with van der Waals surface area (Å²) in [6.07, 6.45) is 1.38. The number of pyridine rings is 1. The Labute approximate surface area is 130 Å². The van der Waals surface area contributed by atoms with Gasteiger partial charge in [0.1, 0.15) is 5.82 Å². The third-order valence-electron chi connectivity index (χ3n) is 3.42. The maximum absolute atomic E-state index is 13.4. The van der Waals surface area contributed by atoms with Crippen LogP contribution in [0.2, 0.25) is 0 Å². The zero-order chi connectivity index (χ0) is 14.8. The zero-order valence-corrected chi connectivity index (χ0v) is 12.7. The minimum absolute atomic E-state index is 0.363. The molecule has 3 aromatic rings. The van der Waals surface area contributed by atoms with E-state index in [0.29, 0.717) is 16.5 Å². The summed E-state index contributed by atoms with van der Waals surface area (Å²) < 4.78 is 14.1. The maximum atomic E-state index is 13.4. The van der Waals surface area contributed by atoms with E-state index in [4.69, 9.17) is 0 Å². The molecule has 0 aliphatic rings. The SMILES string of the molecule is OC(Cc1ccnc2ccccc12)c1cc(F)cc(Br)c1. The first-order valence-electron chi connectivity index (χ1n) is 6.60. The van der Waals surface area contributed by atoms with Gasteiger partial charge in [-0.2, -0.15) is 0 Å². The highest BCUT2D eigenvalue weighted by Crippen LogP contribution is 2.26. The number of benzene rings is 2. The Morgan fingerprint density at radius 3 is 2.76 bits per heavy atom. The highest BCUT2D eigenvalue weighted by Gasteiger charge is 2.12. The van der Waals surface area contributed by atoms with Crippen molar-refractivity contribution in [2.45, 2.75) is 12.5 Å². The third kappa shape index (κ3) is 3.12. The van der Waals surface area contributed by atoms with Crippen molar-refractivity contribution in [3.63, 3.8) is 0 Å². The topological polar surface area (TPSA) is 33.1 Å². The molecule has 2 nitrogen and oxygen atoms in total. The molecule has 1 unspecified atom stereocenters. The van der Waals surface area contributed by atoms with Gasteiger partial charge in [0.05, 0.1) is 11.6 Å². The smallest absolute Gasteiger partial charge is 0.124 e. The molecule has 1 atom stereocenters. The van der Waals surface area contributed by atoms with Crippen LogP contribution in [0.1, 0.15) is 17.2 Å². The first-order valence-corrected chi connectivity index (χ1v) is 7.39. The number of para-hydroxylation sites is 1. The summed E-state index contributed by atoms with van der Waals surface area (Å²) in [5.41, 5.74) is 2.44. The molecule has 1 N–H and O–H groups in total. The summed E-state index contributed by atoms with van der Waals surface area (Å²) in [6, 6.07) is 14.1. The van der Waals surface area contributed by atoms with Crippen LogP contribution in [-0.2, 0) is 6.42 Å². The highest BCUT2D eigenvalue weighted by atomic mass is 79.9. The van der Waals surface area contributed by atoms with Gasteiger partial charge < -0.3 is 5.11 Å². The van der Waals surface area contributed by atoms with Crippen LogP contribution in [0.15, 0.2) is 59.2 Å². The predicted octanol–water partition coefficient (Wildman–Crippen LogP) is 4.41. The maximum Gasteiger partial charge on any atom is 0.124 e. The van der Waals surface area contributed by atoms with Crippen molar-refractivity contribution in [2.24, 2.45) is 0 Å². The lowest BCUT2D eigenvalue weighted by Crippen LogP contribution is -2.03. The standard InChI is InChI=1S/C17H13BrFNO/c18-13-7-12(8-14(19)10-13)17(21)9-11-5-6-20-16-4-2-1-3-15(11)16/h1-8,10,17,21H,9H2. The summed E-state index contributed by atoms with van der Waals surface area (Å²) in [6.45, 7) is 0. The van der Waals surface area contributed by atoms with E-state index in [1.807, 2.05) is 30.3 Å². The average Bonchev–Trinajstić information content (AvgIpc) is 2.46. The minimum Gasteiger partial charge on any atom is -0.388 e. The van der Waals surface area contributed by atoms with Crippen molar-refractivity contribution in [1.29, 1.82) is 0 Å². The van der Waals surface area contributed by atoms with Crippen LogP contribution in [-0.4, -0.2) is 10.1 Å². The molecule has 0 aliphatic carbocycles. The van der Waals surface area contributed by atoms with Gasteiger partial charge in [-0.25, -0.2) is 4.39 Å². The van der Waals surface area contributed by atoms with Gasteiger partial charge in [-0.1, -0.05) is 34.1 Å². The number of aliphatic hydroxyl groups is 1. The molecular weight excluding hydrogens is 333 g/mol. The second-order valence-corrected chi connectivity index (χ2v) is 5.83. The Morgan fingerprint density at radius 1 is 1.14 bits per heavy atom. The Balaban J connectivity index is 1.94. The molecule has 0 spiro atoms. The lowest BCUT2D eigenvalue weighted by molar-refractivity contribution is 0.178. The van der Waals surface area contributed by atoms with Crippen molar-refractivity contribution < 1.29 is 9.50 Å². The molecule has 1 heterocycles. The molecule has 0 radical (unpaired) electrons. The minimum atomic E-state index is -0.761. The lowest BCUT2D eigenvalue weighted by atomic mass is 9.99. The Hall–Kier alpha value is -1.78. The Bertz CT molecular complexity index is 765. The molecule has 0 bridgehead atoms. The largest absolute Gasteiger partial charge is 0.388 e. The third-order valence-corrected chi connectivity index (χ3v) is 3.88. The van der Waals surface area contributed by atoms with Gasteiger partial charge in [0.15, 0.2) is 0 Å². The zero-order valence-electron chi connectivity index (χ0n) is 11.1. The Morgan fingerprint density at radius 2 is 1.95 bits per heavy atom. The monoisotopic (exact) mass is 345 g/mol. The van der Waals surface area contributed by atoms with Crippen molar-refractivity contribution in [2.75, 3.05) is 0 Å². The van der Waals surface area contributed by atoms with E-state index in [9.17, 15) is 9.50 Å². The predicted molar refractivity (Wildman–Crippen MR) is 84.5 cm³/mol. The van der Waals surface area contributed by atoms with Crippen LogP contribution in [0.4, 0.5) is 4.39 Å². The van der Waals surface area contributed by atoms with Gasteiger partial charge in [0, 0.05) is 22.5 Å². The van der Waals surface area contributed by atoms with Crippen molar-refractivity contribution in [3.05, 3.63) is 76.1 Å². The molecule has 4 heteroatoms. The number of rotatable bonds is 3. The summed E-state index contributed by atoms with van der Waals surface area (Å²) in [7, 11) is 0. The number of halogens is 2. The lowest BCUT2D eigenvalue weighted by Gasteiger charge is -2.13. The molecule has 0 fully saturated rings. The van der Waals surface area contributed by atoms with Gasteiger partial charge in [0.25, 0.3) is 0 Å². The second kappa shape index (κ2) is 5.92. The quantitative estimate of drug-likeness (QED) is 0.762. The van der Waals surface area contributed by atoms with Crippen LogP contribution in [0, 0.1) is 5.82 Å². The van der Waals surface area contributed by atoms with Crippen LogP contribution in [0.3, 0.4) is 0 Å². The molecule has 0 aliphatic heterocycles. The first-order chi connectivity index (χ1) is 10.1. The van der Waals surface area contributed by atoms with E-state index in [-0.39, 0.29) is 5.82 Å². The van der Waals surface area contributed by atoms with E-state index in [2.05, 4.69) is 20.9 Å². The molecule has 0 saturated carbocycles. The van der Waals surface area contributed by atoms with E-state index >= 15 is 0 Å². The van der Waals surface area contributed by atoms with E-state index in [1.54, 1.807) is 12.3 Å². The fourth-order valence-corrected chi connectivity index (χ4v) is 2.91. The Kier molecular flexibility index (Phi) is 3.99. The molecule has 21 heavy (non-hydrogen) atoms. The molecule has 0 saturated heterocycles. The summed E-state index contributed by atoms with van der Waals surface area (Å²) in [5.74, 6) is -0.363. The van der Waals surface area contributed by atoms with Crippen LogP contribution < -0.4 is 0 Å². The van der Waals surface area contributed by atoms with Crippen LogP contribution in [0.5, 0.6) is 0 Å². The molecular formula is C17H13BrFNO. The van der Waals surface area contributed by atoms with Crippen molar-refractivity contribution >= 4 is 26.8 Å². The van der Waals surface area contributed by atoms with E-state index < -0.39 is 6.10 Å². The van der Waals surface area contributed by atoms with E-state index in [0.717, 1.165) is 16.5 Å². The van der Waals surface area contributed by atoms with E-state index in [1.165, 1.54) is 12.1 Å². The van der Waals surface area contributed by atoms with Crippen molar-refractivity contribution in [1.82, 2.24) is 4.98 Å². The molecule has 106 valence electrons. The van der Waals surface area contributed by atoms with Gasteiger partial charge in [-0.3, -0.25) is 4.98 Å². The number of hydrogen-bond donors (Lipinski definition) is 1. The number of hydrogen-bond acceptors (Lipinski definition) is 2. The molecule has 1 aromatic heterocycles. The number of nitrogens with zero attached hydrogens (tertiary/aromatic N) is 1. The molecule has 0 amide bonds. The fourth-order valence-electron chi connectivity index (χ4n) is 2.43.